The average molecular weight is 311 g/mol. The molecule has 1 aromatic carbocycles. The smallest absolute Gasteiger partial charge is 0.348 e. The van der Waals surface area contributed by atoms with E-state index in [0.29, 0.717) is 16.8 Å². The van der Waals surface area contributed by atoms with E-state index in [-0.39, 0.29) is 12.5 Å². The Balaban J connectivity index is 2.05. The maximum atomic E-state index is 12.5. The molecule has 0 atom stereocenters. The number of aromatic nitrogens is 2. The first-order valence-electron chi connectivity index (χ1n) is 6.64. The van der Waals surface area contributed by atoms with Gasteiger partial charge < -0.3 is 5.32 Å². The Bertz CT molecular complexity index is 687. The molecular formula is C15H16F3N3O. The lowest BCUT2D eigenvalue weighted by atomic mass is 10.1. The molecule has 1 heterocycles. The number of benzene rings is 1. The predicted octanol–water partition coefficient (Wildman–Crippen LogP) is 2.99. The second-order valence-electron chi connectivity index (χ2n) is 5.05. The Kier molecular flexibility index (Phi) is 4.25. The molecule has 1 aromatic heterocycles. The molecular weight excluding hydrogens is 295 g/mol. The van der Waals surface area contributed by atoms with Crippen molar-refractivity contribution in [3.8, 4) is 0 Å². The first-order valence-corrected chi connectivity index (χ1v) is 6.64. The van der Waals surface area contributed by atoms with Gasteiger partial charge in [-0.15, -0.1) is 0 Å². The molecule has 0 aliphatic rings. The fourth-order valence-corrected chi connectivity index (χ4v) is 2.18. The maximum absolute atomic E-state index is 12.5. The van der Waals surface area contributed by atoms with Crippen molar-refractivity contribution in [1.29, 1.82) is 0 Å². The van der Waals surface area contributed by atoms with E-state index in [1.807, 2.05) is 0 Å². The van der Waals surface area contributed by atoms with Crippen LogP contribution in [0, 0.1) is 13.8 Å². The van der Waals surface area contributed by atoms with Gasteiger partial charge in [0.2, 0.25) is 0 Å². The van der Waals surface area contributed by atoms with Crippen molar-refractivity contribution in [1.82, 2.24) is 15.1 Å². The molecule has 0 fully saturated rings. The summed E-state index contributed by atoms with van der Waals surface area (Å²) in [7, 11) is 1.75. The molecule has 1 amide bonds. The SMILES string of the molecule is Cc1nn(C)c(C)c1C(=O)NCc1ccc(C(F)(F)F)cc1. The Hall–Kier alpha value is -2.31. The van der Waals surface area contributed by atoms with Gasteiger partial charge in [0.15, 0.2) is 0 Å². The Labute approximate surface area is 125 Å². The van der Waals surface area contributed by atoms with E-state index in [0.717, 1.165) is 17.8 Å². The number of carbonyl (C=O) groups excluding carboxylic acids is 1. The second-order valence-corrected chi connectivity index (χ2v) is 5.05. The summed E-state index contributed by atoms with van der Waals surface area (Å²) < 4.78 is 39.0. The van der Waals surface area contributed by atoms with Crippen LogP contribution in [0.25, 0.3) is 0 Å². The van der Waals surface area contributed by atoms with Gasteiger partial charge in [-0.2, -0.15) is 18.3 Å². The third kappa shape index (κ3) is 3.29. The largest absolute Gasteiger partial charge is 0.416 e. The van der Waals surface area contributed by atoms with E-state index in [9.17, 15) is 18.0 Å². The topological polar surface area (TPSA) is 46.9 Å². The molecule has 118 valence electrons. The number of nitrogens with one attached hydrogen (secondary N) is 1. The van der Waals surface area contributed by atoms with Gasteiger partial charge in [0, 0.05) is 19.3 Å². The first-order chi connectivity index (χ1) is 10.2. The van der Waals surface area contributed by atoms with E-state index < -0.39 is 11.7 Å². The average Bonchev–Trinajstić information content (AvgIpc) is 2.69. The normalized spacial score (nSPS) is 11.5. The summed E-state index contributed by atoms with van der Waals surface area (Å²) in [4.78, 5) is 12.2. The lowest BCUT2D eigenvalue weighted by Gasteiger charge is -2.09. The van der Waals surface area contributed by atoms with Crippen molar-refractivity contribution in [2.45, 2.75) is 26.6 Å². The van der Waals surface area contributed by atoms with E-state index in [1.165, 1.54) is 12.1 Å². The van der Waals surface area contributed by atoms with Crippen LogP contribution in [-0.4, -0.2) is 15.7 Å². The minimum atomic E-state index is -4.36. The summed E-state index contributed by atoms with van der Waals surface area (Å²) in [6.45, 7) is 3.68. The molecule has 7 heteroatoms. The van der Waals surface area contributed by atoms with E-state index in [2.05, 4.69) is 10.4 Å². The summed E-state index contributed by atoms with van der Waals surface area (Å²) in [5, 5.41) is 6.85. The van der Waals surface area contributed by atoms with Gasteiger partial charge in [-0.05, 0) is 31.5 Å². The van der Waals surface area contributed by atoms with Crippen LogP contribution >= 0.6 is 0 Å². The zero-order valence-corrected chi connectivity index (χ0v) is 12.5. The van der Waals surface area contributed by atoms with Gasteiger partial charge in [0.25, 0.3) is 5.91 Å². The van der Waals surface area contributed by atoms with Crippen molar-refractivity contribution in [3.63, 3.8) is 0 Å². The quantitative estimate of drug-likeness (QED) is 0.947. The number of aryl methyl sites for hydroxylation is 2. The van der Waals surface area contributed by atoms with Gasteiger partial charge in [0.1, 0.15) is 0 Å². The number of nitrogens with zero attached hydrogens (tertiary/aromatic N) is 2. The van der Waals surface area contributed by atoms with Gasteiger partial charge >= 0.3 is 6.18 Å². The highest BCUT2D eigenvalue weighted by Crippen LogP contribution is 2.29. The zero-order chi connectivity index (χ0) is 16.5. The van der Waals surface area contributed by atoms with Gasteiger partial charge in [-0.3, -0.25) is 9.48 Å². The van der Waals surface area contributed by atoms with Crippen molar-refractivity contribution < 1.29 is 18.0 Å². The molecule has 0 aliphatic heterocycles. The molecule has 0 aliphatic carbocycles. The summed E-state index contributed by atoms with van der Waals surface area (Å²) >= 11 is 0. The molecule has 22 heavy (non-hydrogen) atoms. The molecule has 0 spiro atoms. The van der Waals surface area contributed by atoms with Crippen molar-refractivity contribution in [2.75, 3.05) is 0 Å². The van der Waals surface area contributed by atoms with Crippen LogP contribution in [-0.2, 0) is 19.8 Å². The number of alkyl halides is 3. The van der Waals surface area contributed by atoms with Crippen LogP contribution in [0.3, 0.4) is 0 Å². The number of rotatable bonds is 3. The number of halogens is 3. The predicted molar refractivity (Wildman–Crippen MR) is 75.3 cm³/mol. The summed E-state index contributed by atoms with van der Waals surface area (Å²) in [5.41, 5.74) is 1.74. The van der Waals surface area contributed by atoms with E-state index in [1.54, 1.807) is 25.6 Å². The highest BCUT2D eigenvalue weighted by molar-refractivity contribution is 5.96. The van der Waals surface area contributed by atoms with Crippen LogP contribution in [0.4, 0.5) is 13.2 Å². The summed E-state index contributed by atoms with van der Waals surface area (Å²) in [6.07, 6.45) is -4.36. The van der Waals surface area contributed by atoms with Crippen molar-refractivity contribution in [2.24, 2.45) is 7.05 Å². The number of carbonyl (C=O) groups is 1. The Morgan fingerprint density at radius 2 is 1.82 bits per heavy atom. The van der Waals surface area contributed by atoms with Crippen molar-refractivity contribution >= 4 is 5.91 Å². The van der Waals surface area contributed by atoms with Crippen LogP contribution in [0.2, 0.25) is 0 Å². The number of hydrogen-bond acceptors (Lipinski definition) is 2. The molecule has 0 bridgehead atoms. The molecule has 0 radical (unpaired) electrons. The third-order valence-electron chi connectivity index (χ3n) is 3.47. The van der Waals surface area contributed by atoms with Crippen LogP contribution < -0.4 is 5.32 Å². The van der Waals surface area contributed by atoms with E-state index >= 15 is 0 Å². The van der Waals surface area contributed by atoms with Gasteiger partial charge in [0.05, 0.1) is 16.8 Å². The lowest BCUT2D eigenvalue weighted by Crippen LogP contribution is -2.24. The maximum Gasteiger partial charge on any atom is 0.416 e. The highest BCUT2D eigenvalue weighted by Gasteiger charge is 2.29. The molecule has 2 aromatic rings. The molecule has 4 nitrogen and oxygen atoms in total. The van der Waals surface area contributed by atoms with Crippen LogP contribution in [0.15, 0.2) is 24.3 Å². The molecule has 0 saturated heterocycles. The van der Waals surface area contributed by atoms with E-state index in [4.69, 9.17) is 0 Å². The number of hydrogen-bond donors (Lipinski definition) is 1. The third-order valence-corrected chi connectivity index (χ3v) is 3.47. The minimum Gasteiger partial charge on any atom is -0.348 e. The minimum absolute atomic E-state index is 0.157. The fourth-order valence-electron chi connectivity index (χ4n) is 2.18. The molecule has 1 N–H and O–H groups in total. The van der Waals surface area contributed by atoms with Crippen LogP contribution in [0.5, 0.6) is 0 Å². The molecule has 0 unspecified atom stereocenters. The molecule has 0 saturated carbocycles. The zero-order valence-electron chi connectivity index (χ0n) is 12.5. The summed E-state index contributed by atoms with van der Waals surface area (Å²) in [6, 6.07) is 4.71. The molecule has 2 rings (SSSR count). The van der Waals surface area contributed by atoms with Gasteiger partial charge in [-0.25, -0.2) is 0 Å². The fraction of sp³-hybridized carbons (Fsp3) is 0.333. The highest BCUT2D eigenvalue weighted by atomic mass is 19.4. The Morgan fingerprint density at radius 3 is 2.27 bits per heavy atom. The van der Waals surface area contributed by atoms with Crippen LogP contribution in [0.1, 0.15) is 32.9 Å². The summed E-state index contributed by atoms with van der Waals surface area (Å²) in [5.74, 6) is -0.289. The van der Waals surface area contributed by atoms with Crippen molar-refractivity contribution in [3.05, 3.63) is 52.3 Å². The number of amides is 1. The Morgan fingerprint density at radius 1 is 1.23 bits per heavy atom. The lowest BCUT2D eigenvalue weighted by molar-refractivity contribution is -0.137. The standard InChI is InChI=1S/C15H16F3N3O/c1-9-13(10(2)21(3)20-9)14(22)19-8-11-4-6-12(7-5-11)15(16,17)18/h4-7H,8H2,1-3H3,(H,19,22). The van der Waals surface area contributed by atoms with Gasteiger partial charge in [-0.1, -0.05) is 12.1 Å². The first kappa shape index (κ1) is 16.1. The monoisotopic (exact) mass is 311 g/mol. The second kappa shape index (κ2) is 5.82.